The maximum Gasteiger partial charge on any atom is 0.292 e. The molecule has 0 bridgehead atoms. The topological polar surface area (TPSA) is 174 Å². The average molecular weight is 631 g/mol. The number of nitrogens with zero attached hydrogens (tertiary/aromatic N) is 10. The minimum Gasteiger partial charge on any atom is -0.424 e. The van der Waals surface area contributed by atoms with Crippen LogP contribution in [0.5, 0.6) is 0 Å². The van der Waals surface area contributed by atoms with E-state index in [0.29, 0.717) is 64.8 Å². The molecule has 6 aromatic rings. The highest BCUT2D eigenvalue weighted by molar-refractivity contribution is 5.99. The zero-order valence-corrected chi connectivity index (χ0v) is 26.0. The Balaban J connectivity index is 0.991. The summed E-state index contributed by atoms with van der Waals surface area (Å²) >= 11 is 0. The largest absolute Gasteiger partial charge is 0.424 e. The van der Waals surface area contributed by atoms with Crippen LogP contribution < -0.4 is 16.4 Å². The number of carbonyl (C=O) groups is 1. The lowest BCUT2D eigenvalue weighted by Crippen LogP contribution is -2.46. The van der Waals surface area contributed by atoms with Gasteiger partial charge in [-0.25, -0.2) is 24.6 Å². The molecular formula is C33H34N12O2. The van der Waals surface area contributed by atoms with Gasteiger partial charge >= 0.3 is 0 Å². The second kappa shape index (κ2) is 11.6. The minimum atomic E-state index is -0.0543. The molecule has 14 heteroatoms. The first-order chi connectivity index (χ1) is 22.9. The first kappa shape index (κ1) is 28.8. The van der Waals surface area contributed by atoms with Crippen molar-refractivity contribution in [3.05, 3.63) is 77.4 Å². The highest BCUT2D eigenvalue weighted by Gasteiger charge is 2.25. The van der Waals surface area contributed by atoms with Crippen molar-refractivity contribution in [2.24, 2.45) is 0 Å². The Morgan fingerprint density at radius 1 is 0.936 bits per heavy atom. The predicted molar refractivity (Wildman–Crippen MR) is 177 cm³/mol. The summed E-state index contributed by atoms with van der Waals surface area (Å²) in [5.74, 6) is 0.976. The number of nitrogens with two attached hydrogens (primary N) is 2. The first-order valence-electron chi connectivity index (χ1n) is 15.8. The Morgan fingerprint density at radius 2 is 1.77 bits per heavy atom. The van der Waals surface area contributed by atoms with Crippen LogP contribution in [0, 0.1) is 0 Å². The molecule has 0 unspecified atom stereocenters. The first-order valence-corrected chi connectivity index (χ1v) is 15.8. The Bertz CT molecular complexity index is 2110. The molecule has 2 aliphatic heterocycles. The molecule has 0 radical (unpaired) electrons. The van der Waals surface area contributed by atoms with Crippen LogP contribution in [-0.2, 0) is 19.5 Å². The smallest absolute Gasteiger partial charge is 0.292 e. The number of fused-ring (bicyclic) bond motifs is 3. The SMILES string of the molecule is CCN1CCN(c2ncc(C(=O)N3CCc4cc(Cn5nc(-c6ccc7oc(N)nc7c6)c6c(N)ncnc65)ccc4C3)cn2)CC1. The zero-order chi connectivity index (χ0) is 32.1. The molecule has 4 N–H and O–H groups in total. The summed E-state index contributed by atoms with van der Waals surface area (Å²) in [7, 11) is 0. The van der Waals surface area contributed by atoms with Gasteiger partial charge in [-0.15, -0.1) is 0 Å². The lowest BCUT2D eigenvalue weighted by molar-refractivity contribution is 0.0734. The molecular weight excluding hydrogens is 596 g/mol. The van der Waals surface area contributed by atoms with Crippen LogP contribution in [-0.4, -0.2) is 89.7 Å². The third kappa shape index (κ3) is 5.35. The fourth-order valence-corrected chi connectivity index (χ4v) is 6.53. The summed E-state index contributed by atoms with van der Waals surface area (Å²) in [5, 5.41) is 5.60. The van der Waals surface area contributed by atoms with Crippen molar-refractivity contribution in [3.8, 4) is 11.3 Å². The van der Waals surface area contributed by atoms with Crippen LogP contribution in [0.3, 0.4) is 0 Å². The maximum atomic E-state index is 13.4. The zero-order valence-electron chi connectivity index (χ0n) is 26.0. The molecule has 0 aliphatic carbocycles. The molecule has 2 aliphatic rings. The van der Waals surface area contributed by atoms with E-state index in [2.05, 4.69) is 59.8 Å². The van der Waals surface area contributed by atoms with E-state index in [9.17, 15) is 4.79 Å². The summed E-state index contributed by atoms with van der Waals surface area (Å²) in [4.78, 5) is 42.0. The van der Waals surface area contributed by atoms with E-state index >= 15 is 0 Å². The fourth-order valence-electron chi connectivity index (χ4n) is 6.53. The summed E-state index contributed by atoms with van der Waals surface area (Å²) in [6.07, 6.45) is 5.52. The standard InChI is InChI=1S/C33H34N12O2/c1-2-42-9-11-43(12-10-42)33-36-15-24(16-37-33)31(46)44-8-7-21-13-20(3-4-23(21)18-44)17-45-30-27(29(34)38-19-39-30)28(41-45)22-5-6-26-25(14-22)40-32(35)47-26/h3-6,13-16,19H,2,7-12,17-18H2,1H3,(H2,35,40)(H2,34,38,39). The number of aromatic nitrogens is 7. The Labute approximate surface area is 270 Å². The second-order valence-corrected chi connectivity index (χ2v) is 12.0. The van der Waals surface area contributed by atoms with Crippen molar-refractivity contribution in [2.75, 3.05) is 55.6 Å². The second-order valence-electron chi connectivity index (χ2n) is 12.0. The molecule has 0 saturated carbocycles. The van der Waals surface area contributed by atoms with E-state index in [1.54, 1.807) is 12.4 Å². The van der Waals surface area contributed by atoms with E-state index in [4.69, 9.17) is 21.0 Å². The summed E-state index contributed by atoms with van der Waals surface area (Å²) in [5.41, 5.74) is 19.3. The van der Waals surface area contributed by atoms with E-state index < -0.39 is 0 Å². The molecule has 238 valence electrons. The minimum absolute atomic E-state index is 0.0543. The van der Waals surface area contributed by atoms with E-state index in [0.717, 1.165) is 55.8 Å². The number of hydrogen-bond donors (Lipinski definition) is 2. The molecule has 1 fully saturated rings. The molecule has 0 spiro atoms. The highest BCUT2D eigenvalue weighted by atomic mass is 16.4. The van der Waals surface area contributed by atoms with Crippen molar-refractivity contribution < 1.29 is 9.21 Å². The Kier molecular flexibility index (Phi) is 7.13. The molecule has 1 amide bonds. The monoisotopic (exact) mass is 630 g/mol. The number of oxazole rings is 1. The van der Waals surface area contributed by atoms with Crippen LogP contribution in [0.15, 0.2) is 59.5 Å². The number of nitrogen functional groups attached to an aromatic ring is 2. The summed E-state index contributed by atoms with van der Waals surface area (Å²) < 4.78 is 7.28. The number of anilines is 3. The fraction of sp³-hybridized carbons (Fsp3) is 0.303. The average Bonchev–Trinajstić information content (AvgIpc) is 3.67. The van der Waals surface area contributed by atoms with Crippen molar-refractivity contribution >= 4 is 45.8 Å². The van der Waals surface area contributed by atoms with Crippen LogP contribution in [0.1, 0.15) is 34.0 Å². The van der Waals surface area contributed by atoms with Crippen LogP contribution >= 0.6 is 0 Å². The number of likely N-dealkylation sites (N-methyl/N-ethyl adjacent to an activating group) is 1. The number of rotatable bonds is 6. The third-order valence-electron chi connectivity index (χ3n) is 9.13. The van der Waals surface area contributed by atoms with Gasteiger partial charge in [0, 0.05) is 57.2 Å². The molecule has 1 saturated heterocycles. The van der Waals surface area contributed by atoms with Crippen LogP contribution in [0.4, 0.5) is 17.8 Å². The van der Waals surface area contributed by atoms with Crippen molar-refractivity contribution in [2.45, 2.75) is 26.4 Å². The molecule has 14 nitrogen and oxygen atoms in total. The summed E-state index contributed by atoms with van der Waals surface area (Å²) in [6, 6.07) is 12.0. The predicted octanol–water partition coefficient (Wildman–Crippen LogP) is 2.98. The van der Waals surface area contributed by atoms with Gasteiger partial charge < -0.3 is 30.6 Å². The van der Waals surface area contributed by atoms with Gasteiger partial charge in [-0.05, 0) is 47.9 Å². The number of piperazine rings is 1. The number of benzene rings is 2. The van der Waals surface area contributed by atoms with Gasteiger partial charge in [-0.2, -0.15) is 10.1 Å². The number of hydrogen-bond acceptors (Lipinski definition) is 12. The van der Waals surface area contributed by atoms with Crippen molar-refractivity contribution in [3.63, 3.8) is 0 Å². The Hall–Kier alpha value is -5.63. The van der Waals surface area contributed by atoms with Gasteiger partial charge in [0.05, 0.1) is 17.5 Å². The molecule has 2 aromatic carbocycles. The van der Waals surface area contributed by atoms with Gasteiger partial charge in [0.25, 0.3) is 11.9 Å². The van der Waals surface area contributed by atoms with E-state index in [1.165, 1.54) is 11.9 Å². The van der Waals surface area contributed by atoms with Gasteiger partial charge in [0.15, 0.2) is 11.2 Å². The van der Waals surface area contributed by atoms with Gasteiger partial charge in [-0.3, -0.25) is 4.79 Å². The quantitative estimate of drug-likeness (QED) is 0.276. The molecule has 0 atom stereocenters. The lowest BCUT2D eigenvalue weighted by Gasteiger charge is -2.34. The van der Waals surface area contributed by atoms with Crippen LogP contribution in [0.25, 0.3) is 33.4 Å². The van der Waals surface area contributed by atoms with Crippen molar-refractivity contribution in [1.82, 2.24) is 44.5 Å². The van der Waals surface area contributed by atoms with Gasteiger partial charge in [0.1, 0.15) is 23.4 Å². The maximum absolute atomic E-state index is 13.4. The lowest BCUT2D eigenvalue weighted by atomic mass is 9.97. The molecule has 4 aromatic heterocycles. The summed E-state index contributed by atoms with van der Waals surface area (Å²) in [6.45, 7) is 8.63. The molecule has 8 rings (SSSR count). The molecule has 47 heavy (non-hydrogen) atoms. The number of amides is 1. The number of carbonyl (C=O) groups excluding carboxylic acids is 1. The highest BCUT2D eigenvalue weighted by Crippen LogP contribution is 2.33. The van der Waals surface area contributed by atoms with Crippen LogP contribution in [0.2, 0.25) is 0 Å². The Morgan fingerprint density at radius 3 is 2.57 bits per heavy atom. The third-order valence-corrected chi connectivity index (χ3v) is 9.13. The van der Waals surface area contributed by atoms with Crippen molar-refractivity contribution in [1.29, 1.82) is 0 Å². The van der Waals surface area contributed by atoms with Gasteiger partial charge in [-0.1, -0.05) is 25.1 Å². The normalized spacial score (nSPS) is 15.4. The van der Waals surface area contributed by atoms with E-state index in [-0.39, 0.29) is 11.9 Å². The molecule has 6 heterocycles. The van der Waals surface area contributed by atoms with Gasteiger partial charge in [0.2, 0.25) is 5.95 Å². The van der Waals surface area contributed by atoms with E-state index in [1.807, 2.05) is 27.8 Å².